The van der Waals surface area contributed by atoms with Crippen LogP contribution in [0.5, 0.6) is 0 Å². The maximum Gasteiger partial charge on any atom is 0.227 e. The Labute approximate surface area is 145 Å². The number of ketones is 1. The van der Waals surface area contributed by atoms with Crippen molar-refractivity contribution in [3.05, 3.63) is 22.7 Å². The average molecular weight is 337 g/mol. The van der Waals surface area contributed by atoms with Crippen LogP contribution in [-0.4, -0.2) is 37.4 Å². The van der Waals surface area contributed by atoms with Gasteiger partial charge in [-0.05, 0) is 31.8 Å². The number of aliphatic hydroxyl groups excluding tert-OH is 1. The largest absolute Gasteiger partial charge is 0.491 e. The van der Waals surface area contributed by atoms with E-state index in [0.717, 1.165) is 37.7 Å². The first-order valence-electron chi connectivity index (χ1n) is 8.85. The summed E-state index contributed by atoms with van der Waals surface area (Å²) < 4.78 is 10.3. The number of Topliss-reactive ketones (excluding diaryl/α,β-unsaturated/α-hetero) is 1. The first-order valence-corrected chi connectivity index (χ1v) is 8.85. The first-order chi connectivity index (χ1) is 11.6. The van der Waals surface area contributed by atoms with E-state index in [1.54, 1.807) is 6.92 Å². The number of methoxy groups -OCH3 is 2. The molecule has 1 rings (SSSR count). The highest BCUT2D eigenvalue weighted by Gasteiger charge is 2.31. The number of carbonyl (C=O) groups excluding carboxylic acids is 1. The van der Waals surface area contributed by atoms with Gasteiger partial charge in [0.15, 0.2) is 5.76 Å². The van der Waals surface area contributed by atoms with Crippen LogP contribution in [0.15, 0.2) is 22.7 Å². The lowest BCUT2D eigenvalue weighted by molar-refractivity contribution is -0.115. The van der Waals surface area contributed by atoms with Gasteiger partial charge in [0.1, 0.15) is 5.71 Å². The fraction of sp³-hybridized carbons (Fsp3) is 0.684. The molecular formula is C19H31NO4. The predicted molar refractivity (Wildman–Crippen MR) is 95.1 cm³/mol. The van der Waals surface area contributed by atoms with Gasteiger partial charge >= 0.3 is 0 Å². The second kappa shape index (κ2) is 11.0. The van der Waals surface area contributed by atoms with Gasteiger partial charge in [0.25, 0.3) is 0 Å². The van der Waals surface area contributed by atoms with Crippen molar-refractivity contribution in [1.29, 1.82) is 5.41 Å². The van der Waals surface area contributed by atoms with E-state index < -0.39 is 0 Å². The Kier molecular flexibility index (Phi) is 9.38. The summed E-state index contributed by atoms with van der Waals surface area (Å²) in [5.74, 6) is 0.197. The first kappa shape index (κ1) is 20.4. The maximum atomic E-state index is 12.3. The summed E-state index contributed by atoms with van der Waals surface area (Å²) in [4.78, 5) is 12.3. The summed E-state index contributed by atoms with van der Waals surface area (Å²) in [7, 11) is 2.89. The lowest BCUT2D eigenvalue weighted by atomic mass is 9.89. The number of allylic oxidation sites excluding steroid dienone is 2. The molecule has 0 aromatic heterocycles. The van der Waals surface area contributed by atoms with E-state index in [9.17, 15) is 4.79 Å². The summed E-state index contributed by atoms with van der Waals surface area (Å²) in [5.41, 5.74) is 1.65. The number of rotatable bonds is 12. The summed E-state index contributed by atoms with van der Waals surface area (Å²) in [6, 6.07) is 0. The third-order valence-corrected chi connectivity index (χ3v) is 4.48. The molecule has 24 heavy (non-hydrogen) atoms. The molecule has 0 bridgehead atoms. The molecule has 1 aliphatic rings. The van der Waals surface area contributed by atoms with Crippen LogP contribution < -0.4 is 0 Å². The fourth-order valence-corrected chi connectivity index (χ4v) is 3.02. The molecule has 5 heteroatoms. The molecule has 1 aliphatic carbocycles. The van der Waals surface area contributed by atoms with Crippen LogP contribution in [0.4, 0.5) is 0 Å². The lowest BCUT2D eigenvalue weighted by Gasteiger charge is -2.22. The highest BCUT2D eigenvalue weighted by Crippen LogP contribution is 2.29. The molecule has 0 fully saturated rings. The highest BCUT2D eigenvalue weighted by molar-refractivity contribution is 6.24. The van der Waals surface area contributed by atoms with Crippen molar-refractivity contribution in [2.45, 2.75) is 64.7 Å². The Balaban J connectivity index is 2.41. The smallest absolute Gasteiger partial charge is 0.227 e. The van der Waals surface area contributed by atoms with Crippen LogP contribution in [-0.2, 0) is 14.3 Å². The number of hydrogen-bond donors (Lipinski definition) is 2. The van der Waals surface area contributed by atoms with E-state index in [2.05, 4.69) is 0 Å². The maximum absolute atomic E-state index is 12.3. The van der Waals surface area contributed by atoms with E-state index in [0.29, 0.717) is 12.2 Å². The van der Waals surface area contributed by atoms with Crippen LogP contribution in [0.2, 0.25) is 0 Å². The molecule has 136 valence electrons. The molecule has 0 aromatic rings. The molecule has 0 aliphatic heterocycles. The molecule has 5 nitrogen and oxygen atoms in total. The van der Waals surface area contributed by atoms with Gasteiger partial charge in [-0.1, -0.05) is 38.5 Å². The Bertz CT molecular complexity index is 505. The quantitative estimate of drug-likeness (QED) is 0.418. The summed E-state index contributed by atoms with van der Waals surface area (Å²) >= 11 is 0. The number of nitrogens with one attached hydrogen (secondary N) is 1. The summed E-state index contributed by atoms with van der Waals surface area (Å²) in [6.07, 6.45) is 9.58. The van der Waals surface area contributed by atoms with Gasteiger partial charge in [0.05, 0.1) is 14.2 Å². The van der Waals surface area contributed by atoms with Crippen molar-refractivity contribution < 1.29 is 19.4 Å². The van der Waals surface area contributed by atoms with Gasteiger partial charge in [-0.15, -0.1) is 0 Å². The minimum atomic E-state index is -0.177. The number of ether oxygens (including phenoxy) is 2. The van der Waals surface area contributed by atoms with Crippen LogP contribution in [0.1, 0.15) is 64.7 Å². The van der Waals surface area contributed by atoms with Crippen LogP contribution in [0, 0.1) is 5.41 Å². The molecule has 0 spiro atoms. The zero-order valence-corrected chi connectivity index (χ0v) is 15.2. The molecule has 0 unspecified atom stereocenters. The fourth-order valence-electron chi connectivity index (χ4n) is 3.02. The normalized spacial score (nSPS) is 15.3. The Morgan fingerprint density at radius 2 is 1.38 bits per heavy atom. The van der Waals surface area contributed by atoms with E-state index in [1.165, 1.54) is 39.9 Å². The van der Waals surface area contributed by atoms with Crippen LogP contribution in [0.3, 0.4) is 0 Å². The minimum absolute atomic E-state index is 0.131. The third kappa shape index (κ3) is 5.48. The van der Waals surface area contributed by atoms with Gasteiger partial charge in [0.2, 0.25) is 11.5 Å². The lowest BCUT2D eigenvalue weighted by Crippen LogP contribution is -2.24. The van der Waals surface area contributed by atoms with Crippen molar-refractivity contribution in [3.63, 3.8) is 0 Å². The third-order valence-electron chi connectivity index (χ3n) is 4.48. The SMILES string of the molecule is COC1=C(OC)C(=O)C(C)=C(CCCCCCCCCCO)C1=N. The zero-order valence-electron chi connectivity index (χ0n) is 15.2. The standard InChI is InChI=1S/C19H31NO4/c1-14-15(12-10-8-6-4-5-7-9-11-13-21)16(20)18(23-2)19(24-3)17(14)22/h20-21H,4-13H2,1-3H3. The average Bonchev–Trinajstić information content (AvgIpc) is 2.58. The van der Waals surface area contributed by atoms with E-state index in [1.807, 2.05) is 0 Å². The number of unbranched alkanes of at least 4 members (excludes halogenated alkanes) is 7. The Morgan fingerprint density at radius 3 is 1.88 bits per heavy atom. The van der Waals surface area contributed by atoms with Gasteiger partial charge < -0.3 is 14.6 Å². The second-order valence-electron chi connectivity index (χ2n) is 6.18. The van der Waals surface area contributed by atoms with Crippen LogP contribution >= 0.6 is 0 Å². The minimum Gasteiger partial charge on any atom is -0.491 e. The molecule has 0 saturated heterocycles. The molecule has 0 heterocycles. The van der Waals surface area contributed by atoms with Crippen molar-refractivity contribution in [2.24, 2.45) is 0 Å². The predicted octanol–water partition coefficient (Wildman–Crippen LogP) is 3.91. The highest BCUT2D eigenvalue weighted by atomic mass is 16.5. The molecular weight excluding hydrogens is 306 g/mol. The van der Waals surface area contributed by atoms with E-state index >= 15 is 0 Å². The summed E-state index contributed by atoms with van der Waals surface area (Å²) in [5, 5.41) is 17.0. The zero-order chi connectivity index (χ0) is 17.9. The van der Waals surface area contributed by atoms with Gasteiger partial charge in [-0.25, -0.2) is 0 Å². The topological polar surface area (TPSA) is 79.6 Å². The molecule has 0 amide bonds. The summed E-state index contributed by atoms with van der Waals surface area (Å²) in [6.45, 7) is 2.06. The number of carbonyl (C=O) groups is 1. The molecule has 0 atom stereocenters. The second-order valence-corrected chi connectivity index (χ2v) is 6.18. The van der Waals surface area contributed by atoms with Crippen molar-refractivity contribution in [2.75, 3.05) is 20.8 Å². The molecule has 0 radical (unpaired) electrons. The molecule has 0 saturated carbocycles. The van der Waals surface area contributed by atoms with Crippen molar-refractivity contribution in [1.82, 2.24) is 0 Å². The van der Waals surface area contributed by atoms with Crippen LogP contribution in [0.25, 0.3) is 0 Å². The van der Waals surface area contributed by atoms with E-state index in [4.69, 9.17) is 20.0 Å². The number of hydrogen-bond acceptors (Lipinski definition) is 5. The Hall–Kier alpha value is -1.62. The monoisotopic (exact) mass is 337 g/mol. The van der Waals surface area contributed by atoms with Gasteiger partial charge in [0, 0.05) is 12.2 Å². The number of aliphatic hydroxyl groups is 1. The van der Waals surface area contributed by atoms with Gasteiger partial charge in [-0.2, -0.15) is 0 Å². The molecule has 0 aromatic carbocycles. The van der Waals surface area contributed by atoms with Crippen molar-refractivity contribution >= 4 is 11.5 Å². The van der Waals surface area contributed by atoms with Gasteiger partial charge in [-0.3, -0.25) is 10.2 Å². The van der Waals surface area contributed by atoms with E-state index in [-0.39, 0.29) is 23.0 Å². The van der Waals surface area contributed by atoms with Crippen molar-refractivity contribution in [3.8, 4) is 0 Å². The molecule has 2 N–H and O–H groups in total. The Morgan fingerprint density at radius 1 is 0.875 bits per heavy atom.